The lowest BCUT2D eigenvalue weighted by atomic mass is 10.1. The van der Waals surface area contributed by atoms with E-state index in [-0.39, 0.29) is 17.4 Å². The minimum atomic E-state index is -1.11. The summed E-state index contributed by atoms with van der Waals surface area (Å²) in [6.07, 6.45) is 3.99. The molecule has 2 N–H and O–H groups in total. The van der Waals surface area contributed by atoms with E-state index in [1.165, 1.54) is 12.3 Å². The molecule has 0 spiro atoms. The Labute approximate surface area is 120 Å². The number of carboxylic acids is 1. The molecule has 1 aliphatic carbocycles. The summed E-state index contributed by atoms with van der Waals surface area (Å²) in [7, 11) is 0. The smallest absolute Gasteiger partial charge is 0.326 e. The molecule has 1 atom stereocenters. The summed E-state index contributed by atoms with van der Waals surface area (Å²) in [5.74, 6) is -1.69. The molecule has 1 saturated carbocycles. The zero-order valence-corrected chi connectivity index (χ0v) is 11.6. The van der Waals surface area contributed by atoms with Gasteiger partial charge in [-0.15, -0.1) is 0 Å². The summed E-state index contributed by atoms with van der Waals surface area (Å²) >= 11 is 0. The monoisotopic (exact) mass is 295 g/mol. The molecule has 1 fully saturated rings. The molecule has 0 unspecified atom stereocenters. The van der Waals surface area contributed by atoms with E-state index in [1.54, 1.807) is 4.57 Å². The third-order valence-electron chi connectivity index (χ3n) is 3.40. The molecule has 1 amide bonds. The van der Waals surface area contributed by atoms with Crippen molar-refractivity contribution in [3.8, 4) is 0 Å². The highest BCUT2D eigenvalue weighted by Crippen LogP contribution is 2.37. The van der Waals surface area contributed by atoms with Crippen LogP contribution in [0, 0.1) is 10.1 Å². The molecule has 0 radical (unpaired) electrons. The Morgan fingerprint density at radius 2 is 2.24 bits per heavy atom. The number of carbonyl (C=O) groups is 2. The molecule has 1 heterocycles. The van der Waals surface area contributed by atoms with E-state index in [0.717, 1.165) is 12.8 Å². The van der Waals surface area contributed by atoms with E-state index in [0.29, 0.717) is 12.8 Å². The summed E-state index contributed by atoms with van der Waals surface area (Å²) in [6.45, 7) is 1.82. The second kappa shape index (κ2) is 5.94. The van der Waals surface area contributed by atoms with E-state index in [9.17, 15) is 19.7 Å². The molecular formula is C13H17N3O5. The van der Waals surface area contributed by atoms with Gasteiger partial charge in [-0.1, -0.05) is 13.3 Å². The SMILES string of the molecule is CCC[C@@H](NC(=O)c1cc([N+](=O)[O-])cn1C1CC1)C(=O)O. The van der Waals surface area contributed by atoms with Gasteiger partial charge in [-0.25, -0.2) is 4.79 Å². The first kappa shape index (κ1) is 15.0. The predicted octanol–water partition coefficient (Wildman–Crippen LogP) is 1.71. The van der Waals surface area contributed by atoms with Crippen LogP contribution >= 0.6 is 0 Å². The van der Waals surface area contributed by atoms with Gasteiger partial charge in [-0.05, 0) is 19.3 Å². The zero-order valence-electron chi connectivity index (χ0n) is 11.6. The number of rotatable bonds is 7. The Balaban J connectivity index is 2.21. The lowest BCUT2D eigenvalue weighted by Gasteiger charge is -2.14. The fourth-order valence-corrected chi connectivity index (χ4v) is 2.18. The van der Waals surface area contributed by atoms with Crippen LogP contribution in [0.25, 0.3) is 0 Å². The van der Waals surface area contributed by atoms with Gasteiger partial charge in [-0.2, -0.15) is 0 Å². The molecule has 0 aliphatic heterocycles. The Hall–Kier alpha value is -2.38. The van der Waals surface area contributed by atoms with Crippen molar-refractivity contribution in [1.29, 1.82) is 0 Å². The second-order valence-corrected chi connectivity index (χ2v) is 5.13. The van der Waals surface area contributed by atoms with Gasteiger partial charge in [0.15, 0.2) is 0 Å². The number of aromatic nitrogens is 1. The van der Waals surface area contributed by atoms with Crippen LogP contribution in [-0.4, -0.2) is 32.5 Å². The molecular weight excluding hydrogens is 278 g/mol. The topological polar surface area (TPSA) is 114 Å². The Kier molecular flexibility index (Phi) is 4.25. The van der Waals surface area contributed by atoms with Crippen LogP contribution in [0.4, 0.5) is 5.69 Å². The molecule has 21 heavy (non-hydrogen) atoms. The predicted molar refractivity (Wildman–Crippen MR) is 73.2 cm³/mol. The number of hydrogen-bond donors (Lipinski definition) is 2. The normalized spacial score (nSPS) is 15.5. The average molecular weight is 295 g/mol. The Morgan fingerprint density at radius 3 is 2.71 bits per heavy atom. The highest BCUT2D eigenvalue weighted by atomic mass is 16.6. The third-order valence-corrected chi connectivity index (χ3v) is 3.40. The van der Waals surface area contributed by atoms with Crippen LogP contribution < -0.4 is 5.32 Å². The van der Waals surface area contributed by atoms with Gasteiger partial charge in [-0.3, -0.25) is 14.9 Å². The maximum absolute atomic E-state index is 12.2. The van der Waals surface area contributed by atoms with Crippen molar-refractivity contribution in [3.05, 3.63) is 28.1 Å². The number of hydrogen-bond acceptors (Lipinski definition) is 4. The number of carboxylic acid groups (broad SMARTS) is 1. The molecule has 0 bridgehead atoms. The fourth-order valence-electron chi connectivity index (χ4n) is 2.18. The minimum absolute atomic E-state index is 0.0916. The number of carbonyl (C=O) groups excluding carboxylic acids is 1. The largest absolute Gasteiger partial charge is 0.480 e. The molecule has 1 aliphatic rings. The van der Waals surface area contributed by atoms with Crippen LogP contribution in [0.2, 0.25) is 0 Å². The van der Waals surface area contributed by atoms with E-state index in [2.05, 4.69) is 5.32 Å². The van der Waals surface area contributed by atoms with Crippen molar-refractivity contribution in [1.82, 2.24) is 9.88 Å². The lowest BCUT2D eigenvalue weighted by molar-refractivity contribution is -0.384. The van der Waals surface area contributed by atoms with Crippen molar-refractivity contribution in [2.75, 3.05) is 0 Å². The summed E-state index contributed by atoms with van der Waals surface area (Å²) in [4.78, 5) is 33.5. The van der Waals surface area contributed by atoms with Gasteiger partial charge in [0.25, 0.3) is 11.6 Å². The van der Waals surface area contributed by atoms with E-state index in [4.69, 9.17) is 5.11 Å². The summed E-state index contributed by atoms with van der Waals surface area (Å²) in [5, 5.41) is 22.3. The van der Waals surface area contributed by atoms with Crippen LogP contribution in [0.15, 0.2) is 12.3 Å². The molecule has 1 aromatic rings. The van der Waals surface area contributed by atoms with Gasteiger partial charge in [0.05, 0.1) is 11.1 Å². The Bertz CT molecular complexity index is 576. The first-order chi connectivity index (χ1) is 9.93. The summed E-state index contributed by atoms with van der Waals surface area (Å²) < 4.78 is 1.57. The number of nitrogens with one attached hydrogen (secondary N) is 1. The second-order valence-electron chi connectivity index (χ2n) is 5.13. The van der Waals surface area contributed by atoms with Crippen LogP contribution in [0.5, 0.6) is 0 Å². The van der Waals surface area contributed by atoms with Crippen molar-refractivity contribution in [2.45, 2.75) is 44.7 Å². The van der Waals surface area contributed by atoms with E-state index < -0.39 is 22.8 Å². The standard InChI is InChI=1S/C13H17N3O5/c1-2-3-10(13(18)19)14-12(17)11-6-9(16(20)21)7-15(11)8-4-5-8/h6-8,10H,2-5H2,1H3,(H,14,17)(H,18,19)/t10-/m1/s1. The van der Waals surface area contributed by atoms with Crippen molar-refractivity contribution in [2.24, 2.45) is 0 Å². The number of aliphatic carboxylic acids is 1. The van der Waals surface area contributed by atoms with Gasteiger partial charge < -0.3 is 15.0 Å². The maximum Gasteiger partial charge on any atom is 0.326 e. The molecule has 1 aromatic heterocycles. The molecule has 114 valence electrons. The van der Waals surface area contributed by atoms with Crippen LogP contribution in [0.3, 0.4) is 0 Å². The highest BCUT2D eigenvalue weighted by Gasteiger charge is 2.31. The number of nitrogens with zero attached hydrogens (tertiary/aromatic N) is 2. The molecule has 8 nitrogen and oxygen atoms in total. The third kappa shape index (κ3) is 3.39. The average Bonchev–Trinajstić information content (AvgIpc) is 3.16. The summed E-state index contributed by atoms with van der Waals surface area (Å²) in [6, 6.07) is 0.302. The first-order valence-corrected chi connectivity index (χ1v) is 6.84. The van der Waals surface area contributed by atoms with Crippen LogP contribution in [-0.2, 0) is 4.79 Å². The van der Waals surface area contributed by atoms with Gasteiger partial charge in [0, 0.05) is 12.1 Å². The van der Waals surface area contributed by atoms with E-state index >= 15 is 0 Å². The fraction of sp³-hybridized carbons (Fsp3) is 0.538. The zero-order chi connectivity index (χ0) is 15.6. The summed E-state index contributed by atoms with van der Waals surface area (Å²) in [5.41, 5.74) is -0.0130. The first-order valence-electron chi connectivity index (χ1n) is 6.84. The van der Waals surface area contributed by atoms with Gasteiger partial charge in [0.2, 0.25) is 0 Å². The molecule has 2 rings (SSSR count). The van der Waals surface area contributed by atoms with Crippen molar-refractivity contribution < 1.29 is 19.6 Å². The lowest BCUT2D eigenvalue weighted by Crippen LogP contribution is -2.41. The number of amides is 1. The maximum atomic E-state index is 12.2. The number of nitro groups is 1. The van der Waals surface area contributed by atoms with Gasteiger partial charge in [0.1, 0.15) is 11.7 Å². The molecule has 8 heteroatoms. The highest BCUT2D eigenvalue weighted by molar-refractivity contribution is 5.96. The van der Waals surface area contributed by atoms with Crippen molar-refractivity contribution in [3.63, 3.8) is 0 Å². The van der Waals surface area contributed by atoms with Crippen LogP contribution in [0.1, 0.15) is 49.1 Å². The minimum Gasteiger partial charge on any atom is -0.480 e. The molecule has 0 saturated heterocycles. The molecule has 0 aromatic carbocycles. The van der Waals surface area contributed by atoms with Crippen molar-refractivity contribution >= 4 is 17.6 Å². The van der Waals surface area contributed by atoms with E-state index in [1.807, 2.05) is 6.92 Å². The Morgan fingerprint density at radius 1 is 1.57 bits per heavy atom. The quantitative estimate of drug-likeness (QED) is 0.587. The van der Waals surface area contributed by atoms with Gasteiger partial charge >= 0.3 is 5.97 Å².